The Kier molecular flexibility index (Phi) is 9.14. The number of ether oxygens (including phenoxy) is 1. The fourth-order valence-corrected chi connectivity index (χ4v) is 5.58. The Balaban J connectivity index is 2.09. The number of alkyl carbamates (subject to hydrolysis) is 1. The maximum atomic E-state index is 14.9. The Morgan fingerprint density at radius 1 is 0.949 bits per heavy atom. The van der Waals surface area contributed by atoms with Gasteiger partial charge in [-0.15, -0.1) is 0 Å². The zero-order valence-electron chi connectivity index (χ0n) is 20.5. The largest absolute Gasteiger partial charge is 0.445 e. The number of hydrogen-bond donors (Lipinski definition) is 1. The average Bonchev–Trinajstić information content (AvgIpc) is 3.36. The van der Waals surface area contributed by atoms with Crippen LogP contribution in [0, 0.1) is 0 Å². The van der Waals surface area contributed by atoms with Crippen LogP contribution in [0.5, 0.6) is 0 Å². The zero-order chi connectivity index (χ0) is 28.9. The van der Waals surface area contributed by atoms with Crippen molar-refractivity contribution in [2.45, 2.75) is 38.1 Å². The van der Waals surface area contributed by atoms with Gasteiger partial charge in [0.2, 0.25) is 0 Å². The quantitative estimate of drug-likeness (QED) is 0.199. The molecule has 212 valence electrons. The number of aromatic nitrogens is 1. The Labute approximate surface area is 218 Å². The maximum absolute atomic E-state index is 14.9. The minimum atomic E-state index is -5.57. The second-order valence-corrected chi connectivity index (χ2v) is 10.1. The highest BCUT2D eigenvalue weighted by Crippen LogP contribution is 2.69. The fourth-order valence-electron chi connectivity index (χ4n) is 3.52. The predicted octanol–water partition coefficient (Wildman–Crippen LogP) is 7.27. The van der Waals surface area contributed by atoms with E-state index in [2.05, 4.69) is 5.16 Å². The summed E-state index contributed by atoms with van der Waals surface area (Å²) < 4.78 is 117. The molecule has 3 rings (SSSR count). The SMILES string of the molecule is CCOP(=O)(OCC)C(NC(=O)OCc1ccccc1)(c1cc(-c2ccc(C(F)(F)F)cc2)no1)C(F)(F)F. The average molecular weight is 580 g/mol. The Bertz CT molecular complexity index is 1290. The molecule has 15 heteroatoms. The van der Waals surface area contributed by atoms with E-state index in [-0.39, 0.29) is 11.3 Å². The first-order valence-corrected chi connectivity index (χ1v) is 12.9. The standard InChI is InChI=1S/C24H23F6N2O6P/c1-3-36-39(34,37-4-2)22(24(28,29)30,31-21(33)35-15-16-8-6-5-7-9-16)20-14-19(32-38-20)17-10-12-18(13-11-17)23(25,26)27/h5-14H,3-4,15H2,1-2H3,(H,31,33). The van der Waals surface area contributed by atoms with Gasteiger partial charge in [0, 0.05) is 11.6 Å². The monoisotopic (exact) mass is 580 g/mol. The number of nitrogens with zero attached hydrogens (tertiary/aromatic N) is 1. The van der Waals surface area contributed by atoms with Crippen molar-refractivity contribution in [1.82, 2.24) is 10.5 Å². The van der Waals surface area contributed by atoms with Gasteiger partial charge < -0.3 is 18.3 Å². The van der Waals surface area contributed by atoms with E-state index < -0.39 is 62.5 Å². The highest BCUT2D eigenvalue weighted by Gasteiger charge is 2.73. The molecular formula is C24H23F6N2O6P. The van der Waals surface area contributed by atoms with E-state index in [9.17, 15) is 35.7 Å². The summed E-state index contributed by atoms with van der Waals surface area (Å²) in [7, 11) is -5.38. The molecular weight excluding hydrogens is 557 g/mol. The number of rotatable bonds is 10. The van der Waals surface area contributed by atoms with Gasteiger partial charge in [-0.1, -0.05) is 47.6 Å². The molecule has 1 atom stereocenters. The Hall–Kier alpha value is -3.35. The lowest BCUT2D eigenvalue weighted by atomic mass is 10.1. The van der Waals surface area contributed by atoms with Gasteiger partial charge in [-0.2, -0.15) is 26.3 Å². The molecule has 2 aromatic carbocycles. The molecule has 3 aromatic rings. The van der Waals surface area contributed by atoms with Gasteiger partial charge in [-0.3, -0.25) is 9.88 Å². The predicted molar refractivity (Wildman–Crippen MR) is 125 cm³/mol. The van der Waals surface area contributed by atoms with E-state index in [1.165, 1.54) is 13.8 Å². The van der Waals surface area contributed by atoms with E-state index >= 15 is 0 Å². The molecule has 0 fully saturated rings. The van der Waals surface area contributed by atoms with Crippen molar-refractivity contribution in [2.24, 2.45) is 0 Å². The first-order chi connectivity index (χ1) is 18.3. The molecule has 0 radical (unpaired) electrons. The zero-order valence-corrected chi connectivity index (χ0v) is 21.4. The number of carbonyl (C=O) groups excluding carboxylic acids is 1. The van der Waals surface area contributed by atoms with Gasteiger partial charge in [0.05, 0.1) is 18.8 Å². The number of amides is 1. The fraction of sp³-hybridized carbons (Fsp3) is 0.333. The summed E-state index contributed by atoms with van der Waals surface area (Å²) in [5, 5.41) is 1.16. The van der Waals surface area contributed by atoms with E-state index in [0.29, 0.717) is 23.8 Å². The summed E-state index contributed by atoms with van der Waals surface area (Å²) in [6.07, 6.45) is -11.9. The molecule has 0 bridgehead atoms. The molecule has 39 heavy (non-hydrogen) atoms. The second-order valence-electron chi connectivity index (χ2n) is 7.88. The van der Waals surface area contributed by atoms with Crippen LogP contribution in [0.4, 0.5) is 31.1 Å². The van der Waals surface area contributed by atoms with Crippen molar-refractivity contribution in [1.29, 1.82) is 0 Å². The topological polar surface area (TPSA) is 99.9 Å². The van der Waals surface area contributed by atoms with Crippen LogP contribution in [-0.2, 0) is 36.4 Å². The molecule has 0 saturated heterocycles. The minimum absolute atomic E-state index is 0.0524. The van der Waals surface area contributed by atoms with Crippen LogP contribution in [0.25, 0.3) is 11.3 Å². The molecule has 0 aliphatic heterocycles. The van der Waals surface area contributed by atoms with Crippen LogP contribution in [0.2, 0.25) is 0 Å². The van der Waals surface area contributed by atoms with Crippen LogP contribution < -0.4 is 5.32 Å². The van der Waals surface area contributed by atoms with Gasteiger partial charge >= 0.3 is 31.3 Å². The lowest BCUT2D eigenvalue weighted by Gasteiger charge is -2.37. The van der Waals surface area contributed by atoms with E-state index in [1.54, 1.807) is 35.6 Å². The number of carbonyl (C=O) groups is 1. The van der Waals surface area contributed by atoms with Gasteiger partial charge in [0.25, 0.3) is 0 Å². The number of nitrogens with one attached hydrogen (secondary N) is 1. The third-order valence-corrected chi connectivity index (χ3v) is 7.89. The first kappa shape index (κ1) is 30.2. The van der Waals surface area contributed by atoms with Crippen molar-refractivity contribution < 1.29 is 54.0 Å². The van der Waals surface area contributed by atoms with Crippen molar-refractivity contribution in [3.8, 4) is 11.3 Å². The van der Waals surface area contributed by atoms with E-state index in [4.69, 9.17) is 18.3 Å². The van der Waals surface area contributed by atoms with Gasteiger partial charge in [0.15, 0.2) is 5.76 Å². The summed E-state index contributed by atoms with van der Waals surface area (Å²) in [6, 6.07) is 12.0. The van der Waals surface area contributed by atoms with Gasteiger partial charge in [-0.25, -0.2) is 4.79 Å². The Morgan fingerprint density at radius 3 is 2.05 bits per heavy atom. The highest BCUT2D eigenvalue weighted by atomic mass is 31.2. The first-order valence-electron chi connectivity index (χ1n) is 11.4. The molecule has 8 nitrogen and oxygen atoms in total. The number of hydrogen-bond acceptors (Lipinski definition) is 7. The molecule has 0 saturated carbocycles. The summed E-state index contributed by atoms with van der Waals surface area (Å²) in [5.41, 5.74) is -0.943. The number of alkyl halides is 6. The smallest absolute Gasteiger partial charge is 0.431 e. The van der Waals surface area contributed by atoms with E-state index in [0.717, 1.165) is 12.1 Å². The second kappa shape index (κ2) is 11.8. The Morgan fingerprint density at radius 2 is 1.54 bits per heavy atom. The lowest BCUT2D eigenvalue weighted by molar-refractivity contribution is -0.183. The summed E-state index contributed by atoms with van der Waals surface area (Å²) >= 11 is 0. The van der Waals surface area contributed by atoms with Crippen LogP contribution in [0.1, 0.15) is 30.7 Å². The normalized spacial score (nSPS) is 14.1. The summed E-state index contributed by atoms with van der Waals surface area (Å²) in [5.74, 6) is -1.20. The summed E-state index contributed by atoms with van der Waals surface area (Å²) in [6.45, 7) is 1.05. The van der Waals surface area contributed by atoms with E-state index in [1.807, 2.05) is 0 Å². The minimum Gasteiger partial charge on any atom is -0.445 e. The molecule has 0 spiro atoms. The molecule has 1 unspecified atom stereocenters. The molecule has 0 aliphatic rings. The third-order valence-electron chi connectivity index (χ3n) is 5.29. The van der Waals surface area contributed by atoms with Crippen molar-refractivity contribution >= 4 is 13.7 Å². The molecule has 1 N–H and O–H groups in total. The summed E-state index contributed by atoms with van der Waals surface area (Å²) in [4.78, 5) is 12.7. The van der Waals surface area contributed by atoms with Gasteiger partial charge in [-0.05, 0) is 31.5 Å². The molecule has 1 heterocycles. The maximum Gasteiger partial charge on any atom is 0.431 e. The number of benzene rings is 2. The van der Waals surface area contributed by atoms with Crippen LogP contribution in [0.3, 0.4) is 0 Å². The lowest BCUT2D eigenvalue weighted by Crippen LogP contribution is -2.56. The molecule has 1 amide bonds. The van der Waals surface area contributed by atoms with Crippen LogP contribution >= 0.6 is 7.60 Å². The third kappa shape index (κ3) is 6.45. The molecule has 0 aliphatic carbocycles. The highest BCUT2D eigenvalue weighted by molar-refractivity contribution is 7.55. The molecule has 1 aromatic heterocycles. The van der Waals surface area contributed by atoms with Crippen molar-refractivity contribution in [3.63, 3.8) is 0 Å². The van der Waals surface area contributed by atoms with Crippen molar-refractivity contribution in [2.75, 3.05) is 13.2 Å². The van der Waals surface area contributed by atoms with Crippen LogP contribution in [0.15, 0.2) is 65.2 Å². The van der Waals surface area contributed by atoms with Crippen LogP contribution in [-0.4, -0.2) is 30.6 Å². The van der Waals surface area contributed by atoms with Crippen molar-refractivity contribution in [3.05, 3.63) is 77.6 Å². The number of halogens is 6. The van der Waals surface area contributed by atoms with Gasteiger partial charge in [0.1, 0.15) is 12.3 Å².